The zero-order valence-electron chi connectivity index (χ0n) is 29.7. The highest BCUT2D eigenvalue weighted by Gasteiger charge is 2.37. The summed E-state index contributed by atoms with van der Waals surface area (Å²) in [4.78, 5) is 52.4. The third-order valence-electron chi connectivity index (χ3n) is 8.68. The monoisotopic (exact) mass is 721 g/mol. The largest absolute Gasteiger partial charge is 0.354 e. The lowest BCUT2D eigenvalue weighted by Gasteiger charge is -2.41. The fourth-order valence-electron chi connectivity index (χ4n) is 6.23. The first kappa shape index (κ1) is 39.5. The van der Waals surface area contributed by atoms with Gasteiger partial charge < -0.3 is 20.5 Å². The molecule has 4 rings (SSSR count). The predicted octanol–water partition coefficient (Wildman–Crippen LogP) is 6.08. The van der Waals surface area contributed by atoms with Gasteiger partial charge in [0, 0.05) is 67.8 Å². The first-order valence-electron chi connectivity index (χ1n) is 17.5. The molecule has 0 fully saturated rings. The number of hydrogen-bond donors (Lipinski definition) is 2. The zero-order chi connectivity index (χ0) is 37.0. The highest BCUT2D eigenvalue weighted by Crippen LogP contribution is 2.41. The molecule has 3 N–H and O–H groups in total. The molecule has 1 aliphatic rings. The molecule has 0 unspecified atom stereocenters. The van der Waals surface area contributed by atoms with Gasteiger partial charge in [-0.1, -0.05) is 57.5 Å². The van der Waals surface area contributed by atoms with Crippen LogP contribution in [0.2, 0.25) is 0 Å². The van der Waals surface area contributed by atoms with Gasteiger partial charge in [-0.15, -0.1) is 0 Å². The normalized spacial score (nSPS) is 13.6. The van der Waals surface area contributed by atoms with Crippen LogP contribution in [-0.4, -0.2) is 75.7 Å². The number of benzene rings is 2. The van der Waals surface area contributed by atoms with E-state index in [0.29, 0.717) is 44.5 Å². The van der Waals surface area contributed by atoms with Crippen LogP contribution in [0.1, 0.15) is 70.2 Å². The van der Waals surface area contributed by atoms with E-state index in [1.807, 2.05) is 52.1 Å². The topological polar surface area (TPSA) is 118 Å². The first-order chi connectivity index (χ1) is 24.4. The maximum atomic E-state index is 15.0. The molecule has 0 saturated heterocycles. The van der Waals surface area contributed by atoms with Crippen molar-refractivity contribution in [3.8, 4) is 11.1 Å². The van der Waals surface area contributed by atoms with Crippen molar-refractivity contribution in [3.63, 3.8) is 0 Å². The Hall–Kier alpha value is -4.29. The summed E-state index contributed by atoms with van der Waals surface area (Å²) in [5.74, 6) is -0.927. The summed E-state index contributed by atoms with van der Waals surface area (Å²) in [5.41, 5.74) is 8.08. The Kier molecular flexibility index (Phi) is 14.6. The van der Waals surface area contributed by atoms with Gasteiger partial charge in [0.2, 0.25) is 11.8 Å². The highest BCUT2D eigenvalue weighted by molar-refractivity contribution is 7.99. The van der Waals surface area contributed by atoms with Gasteiger partial charge in [0.1, 0.15) is 11.6 Å². The van der Waals surface area contributed by atoms with E-state index in [1.165, 1.54) is 18.2 Å². The number of unbranched alkanes of at least 4 members (excludes halogenated alkanes) is 2. The number of thioether (sulfide) groups is 1. The summed E-state index contributed by atoms with van der Waals surface area (Å²) in [5, 5.41) is 2.75. The lowest BCUT2D eigenvalue weighted by atomic mass is 9.83. The minimum Gasteiger partial charge on any atom is -0.354 e. The smallest absolute Gasteiger partial charge is 0.253 e. The molecule has 4 amide bonds. The van der Waals surface area contributed by atoms with Crippen LogP contribution in [0.15, 0.2) is 72.9 Å². The second kappa shape index (κ2) is 18.8. The third-order valence-corrected chi connectivity index (χ3v) is 9.71. The molecule has 12 heteroatoms. The highest BCUT2D eigenvalue weighted by atomic mass is 32.2. The van der Waals surface area contributed by atoms with Crippen molar-refractivity contribution in [1.29, 1.82) is 0 Å². The molecule has 51 heavy (non-hydrogen) atoms. The summed E-state index contributed by atoms with van der Waals surface area (Å²) < 4.78 is 31.4. The SMILES string of the molecule is CC(C)(C)[C@H](c1cc(-c2cc(F)ccc2F)cn1Cc1ccccc1)N(CCCN)C(=O)CSCCCCCC(=O)NCCN1C(=O)C=CC1=O. The molecule has 3 aromatic rings. The molecule has 0 spiro atoms. The Bertz CT molecular complexity index is 1670. The molecule has 0 bridgehead atoms. The van der Waals surface area contributed by atoms with Crippen LogP contribution in [0.4, 0.5) is 8.78 Å². The Balaban J connectivity index is 1.40. The third kappa shape index (κ3) is 11.4. The molecule has 1 atom stereocenters. The van der Waals surface area contributed by atoms with Crippen molar-refractivity contribution in [1.82, 2.24) is 19.7 Å². The van der Waals surface area contributed by atoms with E-state index in [0.717, 1.165) is 46.9 Å². The number of nitrogens with one attached hydrogen (secondary N) is 1. The first-order valence-corrected chi connectivity index (χ1v) is 18.6. The second-order valence-electron chi connectivity index (χ2n) is 13.8. The van der Waals surface area contributed by atoms with Gasteiger partial charge in [0.05, 0.1) is 11.8 Å². The summed E-state index contributed by atoms with van der Waals surface area (Å²) in [6.45, 7) is 7.94. The quantitative estimate of drug-likeness (QED) is 0.115. The van der Waals surface area contributed by atoms with Crippen LogP contribution in [0.5, 0.6) is 0 Å². The van der Waals surface area contributed by atoms with E-state index >= 15 is 4.39 Å². The molecule has 0 radical (unpaired) electrons. The fraction of sp³-hybridized carbons (Fsp3) is 0.436. The Morgan fingerprint density at radius 2 is 1.69 bits per heavy atom. The number of aromatic nitrogens is 1. The minimum absolute atomic E-state index is 0.0242. The molecular formula is C39H49F2N5O4S. The molecule has 1 aromatic heterocycles. The number of carbonyl (C=O) groups excluding carboxylic acids is 4. The van der Waals surface area contributed by atoms with Crippen LogP contribution >= 0.6 is 11.8 Å². The number of carbonyl (C=O) groups is 4. The zero-order valence-corrected chi connectivity index (χ0v) is 30.5. The number of halogens is 2. The number of hydrogen-bond acceptors (Lipinski definition) is 6. The Morgan fingerprint density at radius 1 is 0.961 bits per heavy atom. The summed E-state index contributed by atoms with van der Waals surface area (Å²) in [6, 6.07) is 14.8. The Labute approximate surface area is 303 Å². The van der Waals surface area contributed by atoms with Gasteiger partial charge in [0.15, 0.2) is 0 Å². The molecule has 2 aromatic carbocycles. The van der Waals surface area contributed by atoms with E-state index in [1.54, 1.807) is 11.8 Å². The number of imide groups is 1. The van der Waals surface area contributed by atoms with Crippen LogP contribution in [-0.2, 0) is 25.7 Å². The molecule has 9 nitrogen and oxygen atoms in total. The van der Waals surface area contributed by atoms with Crippen molar-refractivity contribution in [2.24, 2.45) is 11.1 Å². The van der Waals surface area contributed by atoms with Crippen molar-refractivity contribution in [2.45, 2.75) is 65.5 Å². The second-order valence-corrected chi connectivity index (χ2v) is 14.9. The molecule has 274 valence electrons. The Morgan fingerprint density at radius 3 is 2.37 bits per heavy atom. The van der Waals surface area contributed by atoms with Gasteiger partial charge in [0.25, 0.3) is 11.8 Å². The maximum Gasteiger partial charge on any atom is 0.253 e. The standard InChI is InChI=1S/C39H49F2N5O4S/c1-39(2,3)38(33-23-29(31-24-30(40)14-15-32(31)41)26-44(33)25-28-11-6-4-7-12-28)46(20-10-18-42)37(50)27-51-22-9-5-8-13-34(47)43-19-21-45-35(48)16-17-36(45)49/h4,6-7,11-12,14-17,23-24,26,38H,5,8-10,13,18-22,25,27,42H2,1-3H3,(H,43,47)/t38-/m0/s1. The van der Waals surface area contributed by atoms with Gasteiger partial charge >= 0.3 is 0 Å². The number of nitrogens with two attached hydrogens (primary N) is 1. The lowest BCUT2D eigenvalue weighted by molar-refractivity contribution is -0.137. The van der Waals surface area contributed by atoms with Crippen molar-refractivity contribution < 1.29 is 28.0 Å². The number of nitrogens with zero attached hydrogens (tertiary/aromatic N) is 3. The van der Waals surface area contributed by atoms with E-state index < -0.39 is 17.0 Å². The van der Waals surface area contributed by atoms with Crippen LogP contribution in [0.3, 0.4) is 0 Å². The van der Waals surface area contributed by atoms with Crippen molar-refractivity contribution in [2.75, 3.05) is 37.7 Å². The van der Waals surface area contributed by atoms with Crippen LogP contribution in [0.25, 0.3) is 11.1 Å². The van der Waals surface area contributed by atoms with E-state index in [-0.39, 0.29) is 54.1 Å². The summed E-state index contributed by atoms with van der Waals surface area (Å²) in [7, 11) is 0. The molecule has 0 aliphatic carbocycles. The predicted molar refractivity (Wildman–Crippen MR) is 198 cm³/mol. The average molecular weight is 722 g/mol. The van der Waals surface area contributed by atoms with Crippen molar-refractivity contribution in [3.05, 3.63) is 95.8 Å². The van der Waals surface area contributed by atoms with Gasteiger partial charge in [-0.05, 0) is 66.8 Å². The molecule has 0 saturated carbocycles. The van der Waals surface area contributed by atoms with E-state index in [2.05, 4.69) is 26.1 Å². The molecular weight excluding hydrogens is 673 g/mol. The average Bonchev–Trinajstić information content (AvgIpc) is 3.64. The fourth-order valence-corrected chi connectivity index (χ4v) is 7.12. The van der Waals surface area contributed by atoms with Crippen LogP contribution < -0.4 is 11.1 Å². The minimum atomic E-state index is -0.528. The summed E-state index contributed by atoms with van der Waals surface area (Å²) in [6.07, 6.45) is 7.56. The van der Waals surface area contributed by atoms with Crippen LogP contribution in [0, 0.1) is 17.0 Å². The summed E-state index contributed by atoms with van der Waals surface area (Å²) >= 11 is 1.55. The lowest BCUT2D eigenvalue weighted by Crippen LogP contribution is -2.44. The number of rotatable bonds is 19. The van der Waals surface area contributed by atoms with Gasteiger partial charge in [-0.25, -0.2) is 8.78 Å². The number of amides is 4. The maximum absolute atomic E-state index is 15.0. The molecule has 2 heterocycles. The van der Waals surface area contributed by atoms with E-state index in [9.17, 15) is 23.6 Å². The molecule has 1 aliphatic heterocycles. The van der Waals surface area contributed by atoms with E-state index in [4.69, 9.17) is 5.73 Å². The van der Waals surface area contributed by atoms with Crippen molar-refractivity contribution >= 4 is 35.4 Å². The van der Waals surface area contributed by atoms with Gasteiger partial charge in [-0.2, -0.15) is 11.8 Å². The van der Waals surface area contributed by atoms with Gasteiger partial charge in [-0.3, -0.25) is 24.1 Å².